The number of halogens is 2. The molecule has 7 nitrogen and oxygen atoms in total. The largest absolute Gasteiger partial charge is 0.496 e. The van der Waals surface area contributed by atoms with Gasteiger partial charge in [0.1, 0.15) is 11.8 Å². The summed E-state index contributed by atoms with van der Waals surface area (Å²) in [7, 11) is 1.54. The minimum absolute atomic E-state index is 0.00704. The lowest BCUT2D eigenvalue weighted by molar-refractivity contribution is 0.0776. The Kier molecular flexibility index (Phi) is 6.27. The number of ether oxygens (including phenoxy) is 1. The molecule has 31 heavy (non-hydrogen) atoms. The van der Waals surface area contributed by atoms with E-state index in [9.17, 15) is 9.90 Å². The molecule has 1 saturated heterocycles. The number of amides is 1. The van der Waals surface area contributed by atoms with Crippen LogP contribution in [0, 0.1) is 0 Å². The second kappa shape index (κ2) is 8.94. The number of rotatable bonds is 6. The van der Waals surface area contributed by atoms with Crippen molar-refractivity contribution in [2.75, 3.05) is 26.8 Å². The highest BCUT2D eigenvalue weighted by Gasteiger charge is 2.41. The van der Waals surface area contributed by atoms with Crippen LogP contribution in [0.3, 0.4) is 0 Å². The number of nitrogens with zero attached hydrogens (tertiary/aromatic N) is 4. The van der Waals surface area contributed by atoms with Gasteiger partial charge in [-0.25, -0.2) is 0 Å². The maximum Gasteiger partial charge on any atom is 0.257 e. The fourth-order valence-corrected chi connectivity index (χ4v) is 4.58. The quantitative estimate of drug-likeness (QED) is 0.679. The van der Waals surface area contributed by atoms with E-state index in [4.69, 9.17) is 27.9 Å². The Bertz CT molecular complexity index is 1050. The first-order valence-electron chi connectivity index (χ1n) is 9.94. The van der Waals surface area contributed by atoms with E-state index < -0.39 is 5.41 Å². The van der Waals surface area contributed by atoms with E-state index in [0.717, 1.165) is 11.1 Å². The molecule has 2 unspecified atom stereocenters. The molecule has 9 heteroatoms. The topological polar surface area (TPSA) is 86.9 Å². The number of aliphatic hydroxyl groups excluding tert-OH is 1. The molecule has 1 amide bonds. The summed E-state index contributed by atoms with van der Waals surface area (Å²) in [6.45, 7) is 1.02. The van der Waals surface area contributed by atoms with Gasteiger partial charge < -0.3 is 14.7 Å². The monoisotopic (exact) mass is 460 g/mol. The maximum atomic E-state index is 13.5. The van der Waals surface area contributed by atoms with Crippen LogP contribution in [0.5, 0.6) is 5.75 Å². The van der Waals surface area contributed by atoms with Gasteiger partial charge >= 0.3 is 0 Å². The fraction of sp³-hybridized carbons (Fsp3) is 0.364. The van der Waals surface area contributed by atoms with Gasteiger partial charge in [-0.15, -0.1) is 5.10 Å². The highest BCUT2D eigenvalue weighted by molar-refractivity contribution is 6.42. The molecular formula is C22H22Cl2N4O3. The summed E-state index contributed by atoms with van der Waals surface area (Å²) in [5, 5.41) is 22.2. The first-order valence-corrected chi connectivity index (χ1v) is 10.7. The van der Waals surface area contributed by atoms with Crippen LogP contribution in [-0.2, 0) is 5.41 Å². The highest BCUT2D eigenvalue weighted by atomic mass is 35.5. The number of methoxy groups -OCH3 is 1. The molecule has 2 heterocycles. The SMILES string of the molecule is COc1ccc(C2C=NN=N2)cc1C(=O)N1CCC(CCO)(c2ccc(Cl)c(Cl)c2)C1. The number of likely N-dealkylation sites (tertiary alicyclic amines) is 1. The number of hydrogen-bond acceptors (Lipinski definition) is 6. The predicted molar refractivity (Wildman–Crippen MR) is 119 cm³/mol. The van der Waals surface area contributed by atoms with Crippen molar-refractivity contribution in [3.05, 3.63) is 63.1 Å². The maximum absolute atomic E-state index is 13.5. The lowest BCUT2D eigenvalue weighted by atomic mass is 9.77. The first kappa shape index (κ1) is 21.7. The van der Waals surface area contributed by atoms with Crippen LogP contribution >= 0.6 is 23.2 Å². The third-order valence-corrected chi connectivity index (χ3v) is 6.73. The Morgan fingerprint density at radius 3 is 2.77 bits per heavy atom. The summed E-state index contributed by atoms with van der Waals surface area (Å²) in [5.74, 6) is 0.361. The molecule has 2 atom stereocenters. The minimum atomic E-state index is -0.393. The van der Waals surface area contributed by atoms with Gasteiger partial charge in [-0.05, 0) is 53.5 Å². The molecule has 162 valence electrons. The van der Waals surface area contributed by atoms with E-state index in [1.165, 1.54) is 7.11 Å². The number of benzene rings is 2. The van der Waals surface area contributed by atoms with Gasteiger partial charge in [-0.1, -0.05) is 35.3 Å². The predicted octanol–water partition coefficient (Wildman–Crippen LogP) is 4.66. The zero-order valence-corrected chi connectivity index (χ0v) is 18.5. The van der Waals surface area contributed by atoms with Crippen LogP contribution in [-0.4, -0.2) is 48.9 Å². The zero-order valence-electron chi connectivity index (χ0n) is 17.0. The van der Waals surface area contributed by atoms with Gasteiger partial charge in [0.25, 0.3) is 5.91 Å². The third kappa shape index (κ3) is 4.18. The molecule has 2 aromatic carbocycles. The average molecular weight is 461 g/mol. The second-order valence-electron chi connectivity index (χ2n) is 7.73. The number of carbonyl (C=O) groups excluding carboxylic acids is 1. The van der Waals surface area contributed by atoms with Crippen LogP contribution in [0.4, 0.5) is 0 Å². The summed E-state index contributed by atoms with van der Waals surface area (Å²) in [4.78, 5) is 15.3. The molecule has 1 fully saturated rings. The Labute approximate surface area is 190 Å². The van der Waals surface area contributed by atoms with E-state index in [2.05, 4.69) is 15.4 Å². The molecular weight excluding hydrogens is 439 g/mol. The van der Waals surface area contributed by atoms with E-state index in [1.54, 1.807) is 29.3 Å². The van der Waals surface area contributed by atoms with Crippen LogP contribution in [0.25, 0.3) is 0 Å². The van der Waals surface area contributed by atoms with Gasteiger partial charge in [0, 0.05) is 25.1 Å². The summed E-state index contributed by atoms with van der Waals surface area (Å²) in [5.41, 5.74) is 1.86. The van der Waals surface area contributed by atoms with E-state index in [-0.39, 0.29) is 18.6 Å². The van der Waals surface area contributed by atoms with Crippen molar-refractivity contribution >= 4 is 35.3 Å². The molecule has 4 rings (SSSR count). The third-order valence-electron chi connectivity index (χ3n) is 5.99. The zero-order chi connectivity index (χ0) is 22.0. The Morgan fingerprint density at radius 2 is 2.10 bits per heavy atom. The lowest BCUT2D eigenvalue weighted by Crippen LogP contribution is -2.35. The molecule has 2 aromatic rings. The smallest absolute Gasteiger partial charge is 0.257 e. The number of carbonyl (C=O) groups is 1. The Morgan fingerprint density at radius 1 is 1.26 bits per heavy atom. The number of aliphatic hydroxyl groups is 1. The lowest BCUT2D eigenvalue weighted by Gasteiger charge is -2.30. The van der Waals surface area contributed by atoms with Crippen molar-refractivity contribution < 1.29 is 14.6 Å². The van der Waals surface area contributed by atoms with Gasteiger partial charge in [0.15, 0.2) is 0 Å². The number of hydrogen-bond donors (Lipinski definition) is 1. The summed E-state index contributed by atoms with van der Waals surface area (Å²) in [6.07, 6.45) is 2.86. The van der Waals surface area contributed by atoms with Crippen LogP contribution in [0.2, 0.25) is 10.0 Å². The molecule has 1 N–H and O–H groups in total. The second-order valence-corrected chi connectivity index (χ2v) is 8.55. The Balaban J connectivity index is 1.64. The highest BCUT2D eigenvalue weighted by Crippen LogP contribution is 2.41. The van der Waals surface area contributed by atoms with E-state index >= 15 is 0 Å². The molecule has 0 aliphatic carbocycles. The van der Waals surface area contributed by atoms with Gasteiger partial charge in [-0.3, -0.25) is 4.79 Å². The van der Waals surface area contributed by atoms with E-state index in [0.29, 0.717) is 47.3 Å². The molecule has 0 saturated carbocycles. The summed E-state index contributed by atoms with van der Waals surface area (Å²) < 4.78 is 5.45. The fourth-order valence-electron chi connectivity index (χ4n) is 4.28. The first-order chi connectivity index (χ1) is 15.0. The van der Waals surface area contributed by atoms with Gasteiger partial charge in [-0.2, -0.15) is 5.11 Å². The summed E-state index contributed by atoms with van der Waals surface area (Å²) in [6, 6.07) is 10.6. The van der Waals surface area contributed by atoms with Crippen molar-refractivity contribution in [1.82, 2.24) is 4.90 Å². The normalized spacial score (nSPS) is 22.3. The van der Waals surface area contributed by atoms with Crippen molar-refractivity contribution in [1.29, 1.82) is 0 Å². The van der Waals surface area contributed by atoms with Gasteiger partial charge in [0.2, 0.25) is 0 Å². The van der Waals surface area contributed by atoms with Crippen LogP contribution < -0.4 is 4.74 Å². The minimum Gasteiger partial charge on any atom is -0.496 e. The standard InChI is InChI=1S/C22H22Cl2N4O3/c1-31-20-5-2-14(19-12-25-27-26-19)10-16(20)21(30)28-8-6-22(13-28,7-9-29)15-3-4-17(23)18(24)11-15/h2-5,10-12,19,29H,6-9,13H2,1H3. The average Bonchev–Trinajstić information content (AvgIpc) is 3.46. The molecule has 2 aliphatic heterocycles. The van der Waals surface area contributed by atoms with Crippen LogP contribution in [0.1, 0.15) is 40.4 Å². The van der Waals surface area contributed by atoms with Crippen molar-refractivity contribution in [3.63, 3.8) is 0 Å². The Hall–Kier alpha value is -2.48. The molecule has 0 radical (unpaired) electrons. The van der Waals surface area contributed by atoms with E-state index in [1.807, 2.05) is 18.2 Å². The van der Waals surface area contributed by atoms with Crippen molar-refractivity contribution in [2.24, 2.45) is 15.4 Å². The van der Waals surface area contributed by atoms with Crippen molar-refractivity contribution in [3.8, 4) is 5.75 Å². The molecule has 2 aliphatic rings. The van der Waals surface area contributed by atoms with Crippen molar-refractivity contribution in [2.45, 2.75) is 24.3 Å². The molecule has 0 aromatic heterocycles. The summed E-state index contributed by atoms with van der Waals surface area (Å²) >= 11 is 12.3. The molecule has 0 spiro atoms. The van der Waals surface area contributed by atoms with Gasteiger partial charge in [0.05, 0.1) is 28.9 Å². The van der Waals surface area contributed by atoms with Crippen LogP contribution in [0.15, 0.2) is 51.8 Å². The molecule has 0 bridgehead atoms.